The Morgan fingerprint density at radius 2 is 2.17 bits per heavy atom. The Balaban J connectivity index is 1.75. The van der Waals surface area contributed by atoms with Gasteiger partial charge in [0.15, 0.2) is 0 Å². The molecule has 1 amide bonds. The number of amides is 1. The maximum Gasteiger partial charge on any atom is 0.237 e. The Morgan fingerprint density at radius 1 is 1.37 bits per heavy atom. The number of aliphatic hydroxyl groups is 1. The number of fused-ring (bicyclic) bond motifs is 1. The largest absolute Gasteiger partial charge is 0.491 e. The molecule has 2 atom stereocenters. The van der Waals surface area contributed by atoms with Gasteiger partial charge in [0.05, 0.1) is 18.7 Å². The number of carbonyl (C=O) groups excluding carboxylic acids is 1. The summed E-state index contributed by atoms with van der Waals surface area (Å²) in [6.45, 7) is 10.8. The van der Waals surface area contributed by atoms with Crippen molar-refractivity contribution in [2.45, 2.75) is 52.7 Å². The molecule has 1 aromatic heterocycles. The molecule has 1 aliphatic heterocycles. The van der Waals surface area contributed by atoms with Gasteiger partial charge < -0.3 is 14.7 Å². The first kappa shape index (κ1) is 22.8. The van der Waals surface area contributed by atoms with E-state index >= 15 is 0 Å². The van der Waals surface area contributed by atoms with E-state index in [1.165, 1.54) is 16.0 Å². The lowest BCUT2D eigenvalue weighted by Crippen LogP contribution is -2.47. The number of aliphatic hydroxyl groups excluding tert-OH is 1. The summed E-state index contributed by atoms with van der Waals surface area (Å²) < 4.78 is 6.21. The highest BCUT2D eigenvalue weighted by Gasteiger charge is 2.33. The van der Waals surface area contributed by atoms with Gasteiger partial charge in [-0.05, 0) is 68.8 Å². The van der Waals surface area contributed by atoms with Crippen LogP contribution in [0.1, 0.15) is 47.9 Å². The fourth-order valence-corrected chi connectivity index (χ4v) is 5.14. The summed E-state index contributed by atoms with van der Waals surface area (Å²) in [7, 11) is 0. The van der Waals surface area contributed by atoms with Crippen LogP contribution in [0.4, 0.5) is 0 Å². The highest BCUT2D eigenvalue weighted by atomic mass is 32.1. The molecule has 1 aliphatic rings. The van der Waals surface area contributed by atoms with Gasteiger partial charge in [0.2, 0.25) is 5.91 Å². The number of thiophene rings is 1. The monoisotopic (exact) mass is 430 g/mol. The molecule has 5 nitrogen and oxygen atoms in total. The van der Waals surface area contributed by atoms with Crippen LogP contribution in [0.5, 0.6) is 5.75 Å². The predicted octanol–water partition coefficient (Wildman–Crippen LogP) is 3.96. The molecule has 2 aromatic rings. The Bertz CT molecular complexity index is 849. The summed E-state index contributed by atoms with van der Waals surface area (Å²) in [4.78, 5) is 18.7. The van der Waals surface area contributed by atoms with Crippen molar-refractivity contribution >= 4 is 17.2 Å². The molecular formula is C24H34N2O3S. The highest BCUT2D eigenvalue weighted by Crippen LogP contribution is 2.34. The number of aryl methyl sites for hydroxylation is 2. The van der Waals surface area contributed by atoms with Crippen molar-refractivity contribution in [2.75, 3.05) is 32.8 Å². The molecule has 6 heteroatoms. The van der Waals surface area contributed by atoms with Crippen molar-refractivity contribution in [3.63, 3.8) is 0 Å². The van der Waals surface area contributed by atoms with E-state index in [2.05, 4.69) is 49.3 Å². The molecule has 2 unspecified atom stereocenters. The van der Waals surface area contributed by atoms with Crippen LogP contribution in [0, 0.1) is 13.8 Å². The second kappa shape index (κ2) is 10.4. The van der Waals surface area contributed by atoms with E-state index in [1.54, 1.807) is 18.3 Å². The fraction of sp³-hybridized carbons (Fsp3) is 0.542. The van der Waals surface area contributed by atoms with Gasteiger partial charge in [0.1, 0.15) is 12.4 Å². The number of hydrogen-bond donors (Lipinski definition) is 1. The number of rotatable bonds is 9. The molecule has 0 saturated heterocycles. The quantitative estimate of drug-likeness (QED) is 0.654. The van der Waals surface area contributed by atoms with Crippen molar-refractivity contribution in [1.82, 2.24) is 9.80 Å². The third-order valence-corrected chi connectivity index (χ3v) is 6.56. The van der Waals surface area contributed by atoms with Gasteiger partial charge in [-0.1, -0.05) is 24.6 Å². The number of ether oxygens (including phenoxy) is 1. The van der Waals surface area contributed by atoms with Crippen LogP contribution < -0.4 is 4.74 Å². The Kier molecular flexibility index (Phi) is 7.92. The summed E-state index contributed by atoms with van der Waals surface area (Å²) >= 11 is 1.76. The third-order valence-electron chi connectivity index (χ3n) is 5.56. The van der Waals surface area contributed by atoms with Gasteiger partial charge >= 0.3 is 0 Å². The van der Waals surface area contributed by atoms with Crippen molar-refractivity contribution in [1.29, 1.82) is 0 Å². The molecule has 0 fully saturated rings. The molecule has 2 heterocycles. The van der Waals surface area contributed by atoms with E-state index in [9.17, 15) is 9.90 Å². The molecule has 30 heavy (non-hydrogen) atoms. The lowest BCUT2D eigenvalue weighted by Gasteiger charge is -2.37. The van der Waals surface area contributed by atoms with Gasteiger partial charge in [0.25, 0.3) is 0 Å². The predicted molar refractivity (Wildman–Crippen MR) is 122 cm³/mol. The average Bonchev–Trinajstić information content (AvgIpc) is 3.15. The van der Waals surface area contributed by atoms with Gasteiger partial charge in [-0.15, -0.1) is 11.3 Å². The normalized spacial score (nSPS) is 17.1. The van der Waals surface area contributed by atoms with Gasteiger partial charge in [0, 0.05) is 18.0 Å². The minimum atomic E-state index is -0.446. The molecule has 0 radical (unpaired) electrons. The number of hydrogen-bond acceptors (Lipinski definition) is 5. The second-order valence-electron chi connectivity index (χ2n) is 8.32. The van der Waals surface area contributed by atoms with Crippen LogP contribution in [0.15, 0.2) is 29.6 Å². The molecular weight excluding hydrogens is 396 g/mol. The first-order chi connectivity index (χ1) is 14.4. The standard InChI is InChI=1S/C24H34N2O3S/c1-5-10-25(14-19(4)27)15-24(28)26-11-8-23-20(9-12-30-23)21(26)16-29-22-7-6-17(2)13-18(22)3/h6-7,9,12-13,19,21,27H,5,8,10-11,14-16H2,1-4H3. The lowest BCUT2D eigenvalue weighted by molar-refractivity contribution is -0.136. The van der Waals surface area contributed by atoms with Crippen molar-refractivity contribution in [2.24, 2.45) is 0 Å². The van der Waals surface area contributed by atoms with Crippen LogP contribution in [0.2, 0.25) is 0 Å². The summed E-state index contributed by atoms with van der Waals surface area (Å²) in [5.41, 5.74) is 3.53. The first-order valence-electron chi connectivity index (χ1n) is 10.8. The van der Waals surface area contributed by atoms with E-state index in [1.807, 2.05) is 11.0 Å². The summed E-state index contributed by atoms with van der Waals surface area (Å²) in [6.07, 6.45) is 1.40. The SMILES string of the molecule is CCCN(CC(=O)N1CCc2sccc2C1COc1ccc(C)cc1C)CC(C)O. The molecule has 1 aromatic carbocycles. The van der Waals surface area contributed by atoms with Crippen LogP contribution in [-0.2, 0) is 11.2 Å². The van der Waals surface area contributed by atoms with Gasteiger partial charge in [-0.3, -0.25) is 9.69 Å². The highest BCUT2D eigenvalue weighted by molar-refractivity contribution is 7.10. The summed E-state index contributed by atoms with van der Waals surface area (Å²) in [5, 5.41) is 11.9. The smallest absolute Gasteiger partial charge is 0.237 e. The van der Waals surface area contributed by atoms with Crippen LogP contribution in [0.25, 0.3) is 0 Å². The van der Waals surface area contributed by atoms with Crippen molar-refractivity contribution in [3.8, 4) is 5.75 Å². The zero-order valence-corrected chi connectivity index (χ0v) is 19.4. The van der Waals surface area contributed by atoms with Crippen LogP contribution in [0.3, 0.4) is 0 Å². The maximum atomic E-state index is 13.3. The number of carbonyl (C=O) groups is 1. The van der Waals surface area contributed by atoms with Crippen molar-refractivity contribution in [3.05, 3.63) is 51.2 Å². The minimum Gasteiger partial charge on any atom is -0.491 e. The number of nitrogens with zero attached hydrogens (tertiary/aromatic N) is 2. The zero-order valence-electron chi connectivity index (χ0n) is 18.6. The second-order valence-corrected chi connectivity index (χ2v) is 9.32. The Hall–Kier alpha value is -1.89. The Morgan fingerprint density at radius 3 is 2.87 bits per heavy atom. The van der Waals surface area contributed by atoms with E-state index < -0.39 is 6.10 Å². The zero-order chi connectivity index (χ0) is 21.7. The molecule has 0 bridgehead atoms. The third kappa shape index (κ3) is 5.62. The summed E-state index contributed by atoms with van der Waals surface area (Å²) in [6, 6.07) is 8.24. The van der Waals surface area contributed by atoms with Crippen molar-refractivity contribution < 1.29 is 14.6 Å². The average molecular weight is 431 g/mol. The molecule has 1 N–H and O–H groups in total. The van der Waals surface area contributed by atoms with Gasteiger partial charge in [-0.25, -0.2) is 0 Å². The topological polar surface area (TPSA) is 53.0 Å². The van der Waals surface area contributed by atoms with E-state index in [0.29, 0.717) is 26.2 Å². The van der Waals surface area contributed by atoms with Crippen LogP contribution >= 0.6 is 11.3 Å². The lowest BCUT2D eigenvalue weighted by atomic mass is 10.00. The summed E-state index contributed by atoms with van der Waals surface area (Å²) in [5.74, 6) is 0.979. The number of benzene rings is 1. The fourth-order valence-electron chi connectivity index (χ4n) is 4.21. The van der Waals surface area contributed by atoms with Gasteiger partial charge in [-0.2, -0.15) is 0 Å². The molecule has 0 saturated carbocycles. The van der Waals surface area contributed by atoms with E-state index in [0.717, 1.165) is 30.7 Å². The molecule has 0 spiro atoms. The molecule has 0 aliphatic carbocycles. The Labute approximate surface area is 184 Å². The molecule has 164 valence electrons. The van der Waals surface area contributed by atoms with Crippen LogP contribution in [-0.4, -0.2) is 59.7 Å². The minimum absolute atomic E-state index is 0.0803. The first-order valence-corrected chi connectivity index (χ1v) is 11.7. The molecule has 3 rings (SSSR count). The maximum absolute atomic E-state index is 13.3. The van der Waals surface area contributed by atoms with E-state index in [4.69, 9.17) is 4.74 Å². The van der Waals surface area contributed by atoms with E-state index in [-0.39, 0.29) is 11.9 Å².